The Balaban J connectivity index is 1.13. The number of nitrogens with zero attached hydrogens (tertiary/aromatic N) is 8. The van der Waals surface area contributed by atoms with Crippen LogP contribution >= 0.6 is 11.3 Å². The number of aromatic nitrogens is 3. The van der Waals surface area contributed by atoms with Gasteiger partial charge in [0, 0.05) is 33.2 Å². The van der Waals surface area contributed by atoms with Crippen LogP contribution in [0.25, 0.3) is 37.4 Å². The third-order valence-corrected chi connectivity index (χ3v) is 17.5. The van der Waals surface area contributed by atoms with E-state index in [1.165, 1.54) is 24.3 Å². The standard InChI is InChI=1S/C41H33N9O22S7/c1-19-11-31(33(72-9-2-10-74(54,55)56)16-30(19)46-49-41-43-28-6-3-20(18-51)38(37(28)73-41)78(66,67)68)47-44-27-7-5-24-23(36(27)52)4-8-29(39(24)79(69,70)71)45-48-32-17-42-50(40(32)53)21-12-25-26(34(13-21)76(60,61)62)14-22(75(57,58)59)15-35(25)77(63,64)65/h3-8,11-17,42,51-52H,2,9-10,18H2,1H3,(H,54,55,56)(H,57,58,59)(H,60,61,62)(H,63,64,65)(H,66,67,68)(H,69,70,71). The molecule has 0 unspecified atom stereocenters. The third-order valence-electron chi connectivity index (χ3n) is 11.0. The number of aryl methyl sites for hydroxylation is 1. The van der Waals surface area contributed by atoms with Gasteiger partial charge in [-0.3, -0.25) is 37.2 Å². The van der Waals surface area contributed by atoms with Gasteiger partial charge in [0.2, 0.25) is 5.13 Å². The Bertz CT molecular complexity index is 4770. The number of thiazole rings is 1. The number of hydrogen-bond donors (Lipinski definition) is 9. The highest BCUT2D eigenvalue weighted by Crippen LogP contribution is 2.44. The summed E-state index contributed by atoms with van der Waals surface area (Å²) in [5.74, 6) is -1.51. The smallest absolute Gasteiger partial charge is 0.298 e. The second kappa shape index (κ2) is 21.0. The number of ether oxygens (including phenoxy) is 1. The summed E-state index contributed by atoms with van der Waals surface area (Å²) in [4.78, 5) is 12.6. The molecule has 0 amide bonds. The Morgan fingerprint density at radius 2 is 1.20 bits per heavy atom. The molecule has 0 radical (unpaired) electrons. The fraction of sp³-hybridized carbons (Fsp3) is 0.122. The van der Waals surface area contributed by atoms with Gasteiger partial charge in [-0.2, -0.15) is 50.5 Å². The van der Waals surface area contributed by atoms with E-state index in [1.807, 2.05) is 0 Å². The number of H-pyrrole nitrogens is 1. The molecule has 2 heterocycles. The maximum absolute atomic E-state index is 13.6. The van der Waals surface area contributed by atoms with Crippen molar-refractivity contribution in [2.24, 2.45) is 30.7 Å². The van der Waals surface area contributed by atoms with Crippen LogP contribution in [0, 0.1) is 6.92 Å². The number of aromatic hydroxyl groups is 1. The summed E-state index contributed by atoms with van der Waals surface area (Å²) in [5, 5.41) is 45.0. The zero-order valence-corrected chi connectivity index (χ0v) is 44.8. The van der Waals surface area contributed by atoms with Gasteiger partial charge in [-0.1, -0.05) is 23.5 Å². The van der Waals surface area contributed by atoms with Gasteiger partial charge in [-0.25, -0.2) is 9.67 Å². The van der Waals surface area contributed by atoms with Crippen LogP contribution in [0.1, 0.15) is 17.5 Å². The molecular weight excluding hydrogens is 1190 g/mol. The number of benzene rings is 6. The largest absolute Gasteiger partial charge is 0.505 e. The highest BCUT2D eigenvalue weighted by Gasteiger charge is 2.28. The molecule has 0 aliphatic carbocycles. The van der Waals surface area contributed by atoms with Crippen LogP contribution in [-0.4, -0.2) is 115 Å². The highest BCUT2D eigenvalue weighted by molar-refractivity contribution is 7.87. The molecule has 38 heteroatoms. The zero-order valence-electron chi connectivity index (χ0n) is 39.1. The maximum Gasteiger partial charge on any atom is 0.298 e. The lowest BCUT2D eigenvalue weighted by molar-refractivity contribution is 0.278. The number of aliphatic hydroxyl groups is 1. The van der Waals surface area contributed by atoms with E-state index in [0.29, 0.717) is 22.4 Å². The quantitative estimate of drug-likeness (QED) is 0.0244. The number of phenolic OH excluding ortho intramolecular Hbond substituents is 1. The molecule has 0 spiro atoms. The van der Waals surface area contributed by atoms with Crippen LogP contribution < -0.4 is 10.3 Å². The number of rotatable bonds is 18. The fourth-order valence-corrected chi connectivity index (χ4v) is 13.1. The molecule has 79 heavy (non-hydrogen) atoms. The number of phenols is 1. The summed E-state index contributed by atoms with van der Waals surface area (Å²) in [6.07, 6.45) is 0.622. The minimum absolute atomic E-state index is 0.0165. The van der Waals surface area contributed by atoms with Crippen molar-refractivity contribution in [1.29, 1.82) is 0 Å². The molecule has 31 nitrogen and oxygen atoms in total. The molecule has 0 aliphatic rings. The number of aromatic amines is 1. The SMILES string of the molecule is Cc1cc(N=Nc2ccc3c(S(=O)(=O)O)c(N=Nc4c[nH]n(-c5cc(S(=O)(=O)O)c6cc(S(=O)(=O)O)cc(S(=O)(=O)O)c6c5)c4=O)ccc3c2O)c(OCCCS(=O)(=O)O)cc1N=Nc1nc2ccc(CO)c(S(=O)(=O)O)c2s1. The minimum atomic E-state index is -5.43. The first-order chi connectivity index (χ1) is 36.6. The van der Waals surface area contributed by atoms with E-state index in [9.17, 15) is 92.8 Å². The Labute approximate surface area is 447 Å². The predicted molar refractivity (Wildman–Crippen MR) is 274 cm³/mol. The second-order valence-corrected chi connectivity index (χ2v) is 25.8. The third kappa shape index (κ3) is 12.4. The Morgan fingerprint density at radius 3 is 1.84 bits per heavy atom. The summed E-state index contributed by atoms with van der Waals surface area (Å²) in [6, 6.07) is 11.6. The van der Waals surface area contributed by atoms with E-state index in [4.69, 9.17) is 4.74 Å². The summed E-state index contributed by atoms with van der Waals surface area (Å²) >= 11 is 0.730. The first-order valence-corrected chi connectivity index (χ1v) is 30.9. The molecule has 0 aliphatic heterocycles. The molecule has 8 aromatic rings. The molecule has 8 rings (SSSR count). The molecule has 6 aromatic carbocycles. The van der Waals surface area contributed by atoms with Gasteiger partial charge >= 0.3 is 0 Å². The summed E-state index contributed by atoms with van der Waals surface area (Å²) in [6.45, 7) is 0.513. The van der Waals surface area contributed by atoms with Gasteiger partial charge in [0.15, 0.2) is 11.4 Å². The van der Waals surface area contributed by atoms with Crippen molar-refractivity contribution in [3.05, 3.63) is 100 Å². The second-order valence-electron chi connectivity index (χ2n) is 16.3. The van der Waals surface area contributed by atoms with Crippen LogP contribution in [-0.2, 0) is 67.3 Å². The lowest BCUT2D eigenvalue weighted by Crippen LogP contribution is -2.15. The van der Waals surface area contributed by atoms with E-state index in [0.717, 1.165) is 47.9 Å². The summed E-state index contributed by atoms with van der Waals surface area (Å²) in [7, 11) is -30.6. The number of hydrogen-bond acceptors (Lipinski definition) is 24. The van der Waals surface area contributed by atoms with Gasteiger partial charge in [0.05, 0.1) is 51.7 Å². The molecular formula is C41H33N9O22S7. The fourth-order valence-electron chi connectivity index (χ4n) is 7.60. The van der Waals surface area contributed by atoms with E-state index in [2.05, 4.69) is 40.8 Å². The maximum atomic E-state index is 13.6. The average molecular weight is 1230 g/mol. The number of nitrogens with one attached hydrogen (secondary N) is 1. The monoisotopic (exact) mass is 1230 g/mol. The first-order valence-electron chi connectivity index (χ1n) is 21.2. The van der Waals surface area contributed by atoms with Gasteiger partial charge in [-0.05, 0) is 73.5 Å². The predicted octanol–water partition coefficient (Wildman–Crippen LogP) is 6.72. The van der Waals surface area contributed by atoms with Crippen molar-refractivity contribution in [3.63, 3.8) is 0 Å². The van der Waals surface area contributed by atoms with Gasteiger partial charge in [-0.15, -0.1) is 30.7 Å². The lowest BCUT2D eigenvalue weighted by atomic mass is 10.1. The van der Waals surface area contributed by atoms with Crippen molar-refractivity contribution in [3.8, 4) is 17.2 Å². The molecule has 0 bridgehead atoms. The molecule has 2 aromatic heterocycles. The molecule has 0 saturated heterocycles. The van der Waals surface area contributed by atoms with Crippen molar-refractivity contribution < 1.29 is 92.8 Å². The van der Waals surface area contributed by atoms with Crippen LogP contribution in [0.3, 0.4) is 0 Å². The van der Waals surface area contributed by atoms with Crippen LogP contribution in [0.15, 0.2) is 139 Å². The molecule has 416 valence electrons. The molecule has 0 saturated carbocycles. The number of azo groups is 3. The van der Waals surface area contributed by atoms with E-state index >= 15 is 0 Å². The molecule has 0 fully saturated rings. The van der Waals surface area contributed by atoms with Gasteiger partial charge < -0.3 is 14.9 Å². The minimum Gasteiger partial charge on any atom is -0.505 e. The van der Waals surface area contributed by atoms with Crippen molar-refractivity contribution in [2.45, 2.75) is 44.4 Å². The topological polar surface area (TPSA) is 501 Å². The number of aliphatic hydroxyl groups excluding tert-OH is 1. The lowest BCUT2D eigenvalue weighted by Gasteiger charge is -2.12. The Morgan fingerprint density at radius 1 is 0.608 bits per heavy atom. The van der Waals surface area contributed by atoms with E-state index < -0.39 is 137 Å². The van der Waals surface area contributed by atoms with Crippen molar-refractivity contribution in [1.82, 2.24) is 14.8 Å². The molecule has 0 atom stereocenters. The van der Waals surface area contributed by atoms with Crippen molar-refractivity contribution >= 4 is 137 Å². The van der Waals surface area contributed by atoms with Crippen LogP contribution in [0.2, 0.25) is 0 Å². The van der Waals surface area contributed by atoms with Gasteiger partial charge in [0.1, 0.15) is 42.4 Å². The normalized spacial score (nSPS) is 13.3. The van der Waals surface area contributed by atoms with E-state index in [1.54, 1.807) is 6.92 Å². The Hall–Kier alpha value is -7.44. The Kier molecular flexibility index (Phi) is 15.3. The van der Waals surface area contributed by atoms with Crippen LogP contribution in [0.4, 0.5) is 33.6 Å². The highest BCUT2D eigenvalue weighted by atomic mass is 32.2. The van der Waals surface area contributed by atoms with Crippen LogP contribution in [0.5, 0.6) is 11.5 Å². The zero-order chi connectivity index (χ0) is 57.9. The van der Waals surface area contributed by atoms with Gasteiger partial charge in [0.25, 0.3) is 66.3 Å². The average Bonchev–Trinajstić information content (AvgIpc) is 4.07. The van der Waals surface area contributed by atoms with E-state index in [-0.39, 0.29) is 73.6 Å². The number of fused-ring (bicyclic) bond motifs is 3. The first kappa shape index (κ1) is 57.7. The summed E-state index contributed by atoms with van der Waals surface area (Å²) < 4.78 is 212. The summed E-state index contributed by atoms with van der Waals surface area (Å²) in [5.41, 5.74) is -3.00. The molecule has 9 N–H and O–H groups in total. The van der Waals surface area contributed by atoms with Crippen molar-refractivity contribution in [2.75, 3.05) is 12.4 Å².